The third kappa shape index (κ3) is 3.76. The molecule has 1 fully saturated rings. The normalized spacial score (nSPS) is 16.1. The van der Waals surface area contributed by atoms with E-state index in [-0.39, 0.29) is 5.92 Å². The predicted octanol–water partition coefficient (Wildman–Crippen LogP) is 1.31. The van der Waals surface area contributed by atoms with Crippen molar-refractivity contribution in [1.29, 1.82) is 0 Å². The largest absolute Gasteiger partial charge is 0.481 e. The Morgan fingerprint density at radius 2 is 2.00 bits per heavy atom. The van der Waals surface area contributed by atoms with E-state index >= 15 is 0 Å². The molecule has 3 rings (SSSR count). The summed E-state index contributed by atoms with van der Waals surface area (Å²) >= 11 is 0. The van der Waals surface area contributed by atoms with E-state index in [1.54, 1.807) is 19.4 Å². The zero-order chi connectivity index (χ0) is 16.2. The van der Waals surface area contributed by atoms with Gasteiger partial charge in [-0.1, -0.05) is 19.0 Å². The second-order valence-electron chi connectivity index (χ2n) is 5.86. The van der Waals surface area contributed by atoms with Crippen LogP contribution in [0.3, 0.4) is 0 Å². The van der Waals surface area contributed by atoms with Gasteiger partial charge in [0.15, 0.2) is 5.82 Å². The fraction of sp³-hybridized carbons (Fsp3) is 0.600. The van der Waals surface area contributed by atoms with Crippen LogP contribution in [0.2, 0.25) is 0 Å². The quantitative estimate of drug-likeness (QED) is 0.816. The van der Waals surface area contributed by atoms with Crippen molar-refractivity contribution < 1.29 is 9.26 Å². The molecule has 1 saturated heterocycles. The highest BCUT2D eigenvalue weighted by Crippen LogP contribution is 2.16. The van der Waals surface area contributed by atoms with Gasteiger partial charge in [0, 0.05) is 44.4 Å². The van der Waals surface area contributed by atoms with Gasteiger partial charge in [-0.25, -0.2) is 4.98 Å². The van der Waals surface area contributed by atoms with Crippen LogP contribution in [0.1, 0.15) is 31.5 Å². The maximum Gasteiger partial charge on any atom is 0.240 e. The van der Waals surface area contributed by atoms with E-state index in [4.69, 9.17) is 9.26 Å². The summed E-state index contributed by atoms with van der Waals surface area (Å²) in [5, 5.41) is 4.01. The van der Waals surface area contributed by atoms with E-state index in [1.807, 2.05) is 0 Å². The zero-order valence-electron chi connectivity index (χ0n) is 13.8. The maximum absolute atomic E-state index is 5.31. The number of ether oxygens (including phenoxy) is 1. The first-order chi connectivity index (χ1) is 11.2. The lowest BCUT2D eigenvalue weighted by Crippen LogP contribution is -2.46. The van der Waals surface area contributed by atoms with Crippen molar-refractivity contribution in [2.45, 2.75) is 26.3 Å². The predicted molar refractivity (Wildman–Crippen MR) is 84.5 cm³/mol. The van der Waals surface area contributed by atoms with E-state index in [9.17, 15) is 0 Å². The first kappa shape index (κ1) is 15.7. The summed E-state index contributed by atoms with van der Waals surface area (Å²) in [5.41, 5.74) is 0. The van der Waals surface area contributed by atoms with Gasteiger partial charge in [0.2, 0.25) is 17.7 Å². The van der Waals surface area contributed by atoms with Gasteiger partial charge in [-0.2, -0.15) is 9.97 Å². The van der Waals surface area contributed by atoms with Gasteiger partial charge in [-0.15, -0.1) is 0 Å². The molecule has 1 aliphatic rings. The van der Waals surface area contributed by atoms with Crippen molar-refractivity contribution in [2.24, 2.45) is 0 Å². The van der Waals surface area contributed by atoms with Crippen molar-refractivity contribution >= 4 is 5.95 Å². The van der Waals surface area contributed by atoms with E-state index < -0.39 is 0 Å². The van der Waals surface area contributed by atoms with Crippen LogP contribution in [0, 0.1) is 0 Å². The summed E-state index contributed by atoms with van der Waals surface area (Å²) in [5.74, 6) is 3.03. The highest BCUT2D eigenvalue weighted by atomic mass is 16.5. The maximum atomic E-state index is 5.31. The summed E-state index contributed by atoms with van der Waals surface area (Å²) in [4.78, 5) is 17.6. The Hall–Kier alpha value is -2.22. The minimum Gasteiger partial charge on any atom is -0.481 e. The molecule has 1 aliphatic heterocycles. The zero-order valence-corrected chi connectivity index (χ0v) is 13.8. The Labute approximate surface area is 135 Å². The van der Waals surface area contributed by atoms with Crippen molar-refractivity contribution in [3.63, 3.8) is 0 Å². The van der Waals surface area contributed by atoms with Gasteiger partial charge in [-0.05, 0) is 0 Å². The molecule has 0 aliphatic carbocycles. The van der Waals surface area contributed by atoms with E-state index in [0.717, 1.165) is 32.0 Å². The molecule has 0 unspecified atom stereocenters. The summed E-state index contributed by atoms with van der Waals surface area (Å²) in [6.07, 6.45) is 1.72. The molecule has 0 N–H and O–H groups in total. The fourth-order valence-corrected chi connectivity index (χ4v) is 2.46. The summed E-state index contributed by atoms with van der Waals surface area (Å²) in [6, 6.07) is 1.75. The average molecular weight is 318 g/mol. The molecule has 0 spiro atoms. The standard InChI is InChI=1S/C15H22N6O2/c1-11(2)14-17-13(23-19-14)10-20-6-8-21(9-7-20)15-16-5-4-12(18-15)22-3/h4-5,11H,6-10H2,1-3H3. The molecule has 8 nitrogen and oxygen atoms in total. The van der Waals surface area contributed by atoms with Crippen LogP contribution in [0.4, 0.5) is 5.95 Å². The van der Waals surface area contributed by atoms with Crippen molar-refractivity contribution in [2.75, 3.05) is 38.2 Å². The molecule has 8 heteroatoms. The number of hydrogen-bond acceptors (Lipinski definition) is 8. The van der Waals surface area contributed by atoms with Crippen molar-refractivity contribution in [3.05, 3.63) is 24.0 Å². The third-order valence-corrected chi connectivity index (χ3v) is 3.84. The molecular weight excluding hydrogens is 296 g/mol. The molecular formula is C15H22N6O2. The highest BCUT2D eigenvalue weighted by Gasteiger charge is 2.21. The number of aromatic nitrogens is 4. The number of piperazine rings is 1. The van der Waals surface area contributed by atoms with Crippen LogP contribution < -0.4 is 9.64 Å². The smallest absolute Gasteiger partial charge is 0.240 e. The average Bonchev–Trinajstić information content (AvgIpc) is 3.04. The highest BCUT2D eigenvalue weighted by molar-refractivity contribution is 5.32. The van der Waals surface area contributed by atoms with Crippen molar-refractivity contribution in [3.8, 4) is 5.88 Å². The molecule has 3 heterocycles. The Kier molecular flexibility index (Phi) is 4.71. The molecule has 2 aromatic rings. The molecule has 0 radical (unpaired) electrons. The van der Waals surface area contributed by atoms with Gasteiger partial charge in [0.1, 0.15) is 0 Å². The number of nitrogens with zero attached hydrogens (tertiary/aromatic N) is 6. The van der Waals surface area contributed by atoms with E-state index in [0.29, 0.717) is 24.3 Å². The van der Waals surface area contributed by atoms with Crippen LogP contribution in [0.15, 0.2) is 16.8 Å². The molecule has 124 valence electrons. The number of rotatable bonds is 5. The molecule has 0 aromatic carbocycles. The molecule has 0 amide bonds. The Morgan fingerprint density at radius 3 is 2.65 bits per heavy atom. The molecule has 2 aromatic heterocycles. The molecule has 0 saturated carbocycles. The lowest BCUT2D eigenvalue weighted by molar-refractivity contribution is 0.214. The lowest BCUT2D eigenvalue weighted by atomic mass is 10.2. The molecule has 0 atom stereocenters. The van der Waals surface area contributed by atoms with Gasteiger partial charge < -0.3 is 14.2 Å². The van der Waals surface area contributed by atoms with Crippen LogP contribution in [0.5, 0.6) is 5.88 Å². The van der Waals surface area contributed by atoms with Crippen molar-refractivity contribution in [1.82, 2.24) is 25.0 Å². The summed E-state index contributed by atoms with van der Waals surface area (Å²) in [6.45, 7) is 8.33. The third-order valence-electron chi connectivity index (χ3n) is 3.84. The van der Waals surface area contributed by atoms with E-state index in [2.05, 4.69) is 43.8 Å². The molecule has 0 bridgehead atoms. The van der Waals surface area contributed by atoms with Crippen LogP contribution >= 0.6 is 0 Å². The van der Waals surface area contributed by atoms with Gasteiger partial charge in [0.05, 0.1) is 13.7 Å². The fourth-order valence-electron chi connectivity index (χ4n) is 2.46. The first-order valence-electron chi connectivity index (χ1n) is 7.82. The van der Waals surface area contributed by atoms with Crippen LogP contribution in [-0.2, 0) is 6.54 Å². The monoisotopic (exact) mass is 318 g/mol. The molecule has 23 heavy (non-hydrogen) atoms. The number of methoxy groups -OCH3 is 1. The second kappa shape index (κ2) is 6.91. The van der Waals surface area contributed by atoms with Gasteiger partial charge in [0.25, 0.3) is 0 Å². The van der Waals surface area contributed by atoms with Crippen LogP contribution in [-0.4, -0.2) is 58.3 Å². The van der Waals surface area contributed by atoms with E-state index in [1.165, 1.54) is 0 Å². The number of hydrogen-bond donors (Lipinski definition) is 0. The van der Waals surface area contributed by atoms with Crippen LogP contribution in [0.25, 0.3) is 0 Å². The summed E-state index contributed by atoms with van der Waals surface area (Å²) in [7, 11) is 1.61. The minimum atomic E-state index is 0.287. The van der Waals surface area contributed by atoms with Gasteiger partial charge >= 0.3 is 0 Å². The minimum absolute atomic E-state index is 0.287. The summed E-state index contributed by atoms with van der Waals surface area (Å²) < 4.78 is 10.5. The lowest BCUT2D eigenvalue weighted by Gasteiger charge is -2.33. The second-order valence-corrected chi connectivity index (χ2v) is 5.86. The topological polar surface area (TPSA) is 80.4 Å². The SMILES string of the molecule is COc1ccnc(N2CCN(Cc3nc(C(C)C)no3)CC2)n1. The first-order valence-corrected chi connectivity index (χ1v) is 7.82. The van der Waals surface area contributed by atoms with Gasteiger partial charge in [-0.3, -0.25) is 4.90 Å². The Morgan fingerprint density at radius 1 is 1.22 bits per heavy atom. The Balaban J connectivity index is 1.55. The Bertz CT molecular complexity index is 636. The number of anilines is 1.